The first-order valence-electron chi connectivity index (χ1n) is 6.70. The molecule has 0 aliphatic rings. The van der Waals surface area contributed by atoms with Crippen molar-refractivity contribution in [1.82, 2.24) is 9.97 Å². The van der Waals surface area contributed by atoms with Crippen molar-refractivity contribution in [3.63, 3.8) is 0 Å². The van der Waals surface area contributed by atoms with Crippen molar-refractivity contribution in [2.24, 2.45) is 0 Å². The van der Waals surface area contributed by atoms with Gasteiger partial charge in [0.2, 0.25) is 0 Å². The average Bonchev–Trinajstić information content (AvgIpc) is 2.88. The minimum Gasteiger partial charge on any atom is -0.486 e. The van der Waals surface area contributed by atoms with Gasteiger partial charge in [-0.1, -0.05) is 13.0 Å². The van der Waals surface area contributed by atoms with Gasteiger partial charge in [0.15, 0.2) is 0 Å². The normalized spacial score (nSPS) is 10.8. The zero-order valence-corrected chi connectivity index (χ0v) is 11.4. The molecule has 1 aromatic heterocycles. The van der Waals surface area contributed by atoms with Crippen LogP contribution in [-0.4, -0.2) is 9.97 Å². The molecular formula is C16H17N3O. The maximum atomic E-state index is 5.68. The first kappa shape index (κ1) is 12.5. The zero-order valence-electron chi connectivity index (χ0n) is 11.4. The molecule has 3 rings (SSSR count). The molecule has 0 radical (unpaired) electrons. The van der Waals surface area contributed by atoms with Crippen molar-refractivity contribution < 1.29 is 4.74 Å². The largest absolute Gasteiger partial charge is 0.486 e. The van der Waals surface area contributed by atoms with Gasteiger partial charge in [-0.05, 0) is 48.4 Å². The lowest BCUT2D eigenvalue weighted by molar-refractivity contribution is 0.297. The van der Waals surface area contributed by atoms with Crippen LogP contribution in [0, 0.1) is 0 Å². The van der Waals surface area contributed by atoms with E-state index < -0.39 is 0 Å². The maximum Gasteiger partial charge on any atom is 0.146 e. The summed E-state index contributed by atoms with van der Waals surface area (Å²) in [6, 6.07) is 13.6. The number of nitrogens with two attached hydrogens (primary N) is 1. The number of nitrogen functional groups attached to an aromatic ring is 1. The van der Waals surface area contributed by atoms with Crippen LogP contribution in [0.15, 0.2) is 42.5 Å². The first-order chi connectivity index (χ1) is 9.74. The van der Waals surface area contributed by atoms with E-state index in [0.29, 0.717) is 6.61 Å². The van der Waals surface area contributed by atoms with Crippen LogP contribution in [-0.2, 0) is 13.0 Å². The molecule has 4 nitrogen and oxygen atoms in total. The third-order valence-corrected chi connectivity index (χ3v) is 3.26. The molecule has 0 amide bonds. The number of nitrogens with zero attached hydrogens (tertiary/aromatic N) is 1. The predicted molar refractivity (Wildman–Crippen MR) is 80.7 cm³/mol. The number of aromatic nitrogens is 2. The van der Waals surface area contributed by atoms with E-state index in [9.17, 15) is 0 Å². The van der Waals surface area contributed by atoms with Gasteiger partial charge < -0.3 is 15.5 Å². The number of aromatic amines is 1. The van der Waals surface area contributed by atoms with E-state index in [1.54, 1.807) is 0 Å². The SMILES string of the molecule is CCc1ccc2nc(COc3ccc(N)cc3)[nH]c2c1. The van der Waals surface area contributed by atoms with Crippen LogP contribution in [0.3, 0.4) is 0 Å². The molecule has 20 heavy (non-hydrogen) atoms. The lowest BCUT2D eigenvalue weighted by Gasteiger charge is -2.03. The van der Waals surface area contributed by atoms with E-state index >= 15 is 0 Å². The smallest absolute Gasteiger partial charge is 0.146 e. The van der Waals surface area contributed by atoms with Crippen molar-refractivity contribution in [2.75, 3.05) is 5.73 Å². The number of imidazole rings is 1. The van der Waals surface area contributed by atoms with E-state index in [0.717, 1.165) is 34.7 Å². The molecule has 3 aromatic rings. The van der Waals surface area contributed by atoms with Gasteiger partial charge >= 0.3 is 0 Å². The molecule has 2 aromatic carbocycles. The van der Waals surface area contributed by atoms with Gasteiger partial charge in [-0.3, -0.25) is 0 Å². The van der Waals surface area contributed by atoms with Crippen molar-refractivity contribution in [1.29, 1.82) is 0 Å². The molecular weight excluding hydrogens is 250 g/mol. The number of rotatable bonds is 4. The molecule has 0 atom stereocenters. The Labute approximate surface area is 117 Å². The van der Waals surface area contributed by atoms with Gasteiger partial charge in [0.1, 0.15) is 18.2 Å². The fraction of sp³-hybridized carbons (Fsp3) is 0.188. The highest BCUT2D eigenvalue weighted by atomic mass is 16.5. The van der Waals surface area contributed by atoms with E-state index in [4.69, 9.17) is 10.5 Å². The summed E-state index contributed by atoms with van der Waals surface area (Å²) < 4.78 is 5.68. The maximum absolute atomic E-state index is 5.68. The van der Waals surface area contributed by atoms with Crippen LogP contribution in [0.25, 0.3) is 11.0 Å². The first-order valence-corrected chi connectivity index (χ1v) is 6.70. The topological polar surface area (TPSA) is 63.9 Å². The Morgan fingerprint density at radius 2 is 1.95 bits per heavy atom. The molecule has 0 aliphatic carbocycles. The summed E-state index contributed by atoms with van der Waals surface area (Å²) in [4.78, 5) is 7.81. The Kier molecular flexibility index (Phi) is 3.29. The number of benzene rings is 2. The van der Waals surface area contributed by atoms with Gasteiger partial charge in [0.05, 0.1) is 11.0 Å². The van der Waals surface area contributed by atoms with Crippen LogP contribution in [0.5, 0.6) is 5.75 Å². The van der Waals surface area contributed by atoms with Crippen molar-refractivity contribution in [3.05, 3.63) is 53.9 Å². The van der Waals surface area contributed by atoms with Gasteiger partial charge in [-0.2, -0.15) is 0 Å². The number of fused-ring (bicyclic) bond motifs is 1. The monoisotopic (exact) mass is 267 g/mol. The van der Waals surface area contributed by atoms with E-state index in [1.165, 1.54) is 5.56 Å². The number of anilines is 1. The standard InChI is InChI=1S/C16H17N3O/c1-2-11-3-8-14-15(9-11)19-16(18-14)10-20-13-6-4-12(17)5-7-13/h3-9H,2,10,17H2,1H3,(H,18,19). The van der Waals surface area contributed by atoms with Crippen molar-refractivity contribution >= 4 is 16.7 Å². The molecule has 0 spiro atoms. The fourth-order valence-corrected chi connectivity index (χ4v) is 2.11. The third-order valence-electron chi connectivity index (χ3n) is 3.26. The molecule has 4 heteroatoms. The second-order valence-corrected chi connectivity index (χ2v) is 4.75. The Balaban J connectivity index is 1.75. The van der Waals surface area contributed by atoms with Gasteiger partial charge in [-0.25, -0.2) is 4.98 Å². The Morgan fingerprint density at radius 3 is 2.70 bits per heavy atom. The summed E-state index contributed by atoms with van der Waals surface area (Å²) in [7, 11) is 0. The lowest BCUT2D eigenvalue weighted by Crippen LogP contribution is -1.97. The highest BCUT2D eigenvalue weighted by Crippen LogP contribution is 2.17. The Morgan fingerprint density at radius 1 is 1.15 bits per heavy atom. The number of ether oxygens (including phenoxy) is 1. The number of nitrogens with one attached hydrogen (secondary N) is 1. The number of hydrogen-bond donors (Lipinski definition) is 2. The van der Waals surface area contributed by atoms with Crippen molar-refractivity contribution in [3.8, 4) is 5.75 Å². The summed E-state index contributed by atoms with van der Waals surface area (Å²) in [5.41, 5.74) is 9.69. The number of hydrogen-bond acceptors (Lipinski definition) is 3. The number of H-pyrrole nitrogens is 1. The molecule has 102 valence electrons. The molecule has 0 saturated carbocycles. The quantitative estimate of drug-likeness (QED) is 0.713. The summed E-state index contributed by atoms with van der Waals surface area (Å²) >= 11 is 0. The highest BCUT2D eigenvalue weighted by molar-refractivity contribution is 5.75. The predicted octanol–water partition coefficient (Wildman–Crippen LogP) is 3.29. The number of aryl methyl sites for hydroxylation is 1. The Hall–Kier alpha value is -2.49. The molecule has 1 heterocycles. The van der Waals surface area contributed by atoms with Crippen LogP contribution in [0.1, 0.15) is 18.3 Å². The minimum atomic E-state index is 0.417. The Bertz CT molecular complexity index is 716. The second-order valence-electron chi connectivity index (χ2n) is 4.75. The summed E-state index contributed by atoms with van der Waals surface area (Å²) in [6.45, 7) is 2.56. The summed E-state index contributed by atoms with van der Waals surface area (Å²) in [5, 5.41) is 0. The molecule has 3 N–H and O–H groups in total. The van der Waals surface area contributed by atoms with E-state index in [1.807, 2.05) is 30.3 Å². The van der Waals surface area contributed by atoms with Gasteiger partial charge in [-0.15, -0.1) is 0 Å². The highest BCUT2D eigenvalue weighted by Gasteiger charge is 2.04. The molecule has 0 fully saturated rings. The van der Waals surface area contributed by atoms with Crippen LogP contribution in [0.2, 0.25) is 0 Å². The zero-order chi connectivity index (χ0) is 13.9. The van der Waals surface area contributed by atoms with E-state index in [-0.39, 0.29) is 0 Å². The summed E-state index contributed by atoms with van der Waals surface area (Å²) in [5.74, 6) is 1.61. The average molecular weight is 267 g/mol. The summed E-state index contributed by atoms with van der Waals surface area (Å²) in [6.07, 6.45) is 1.02. The van der Waals surface area contributed by atoms with Gasteiger partial charge in [0.25, 0.3) is 0 Å². The molecule has 0 saturated heterocycles. The third kappa shape index (κ3) is 2.59. The van der Waals surface area contributed by atoms with Crippen LogP contribution < -0.4 is 10.5 Å². The second kappa shape index (κ2) is 5.25. The fourth-order valence-electron chi connectivity index (χ4n) is 2.11. The van der Waals surface area contributed by atoms with Gasteiger partial charge in [0, 0.05) is 5.69 Å². The van der Waals surface area contributed by atoms with Crippen LogP contribution >= 0.6 is 0 Å². The molecule has 0 aliphatic heterocycles. The molecule has 0 bridgehead atoms. The molecule has 0 unspecified atom stereocenters. The minimum absolute atomic E-state index is 0.417. The lowest BCUT2D eigenvalue weighted by atomic mass is 10.1. The van der Waals surface area contributed by atoms with Crippen LogP contribution in [0.4, 0.5) is 5.69 Å². The van der Waals surface area contributed by atoms with E-state index in [2.05, 4.69) is 29.0 Å². The van der Waals surface area contributed by atoms with Crippen molar-refractivity contribution in [2.45, 2.75) is 20.0 Å².